The highest BCUT2D eigenvalue weighted by atomic mass is 32.2. The van der Waals surface area contributed by atoms with Crippen molar-refractivity contribution in [1.82, 2.24) is 0 Å². The van der Waals surface area contributed by atoms with Gasteiger partial charge in [0.15, 0.2) is 0 Å². The van der Waals surface area contributed by atoms with Crippen molar-refractivity contribution in [3.63, 3.8) is 0 Å². The van der Waals surface area contributed by atoms with Crippen molar-refractivity contribution in [3.8, 4) is 5.75 Å². The minimum atomic E-state index is -0.483. The summed E-state index contributed by atoms with van der Waals surface area (Å²) < 4.78 is 17.3. The van der Waals surface area contributed by atoms with Crippen LogP contribution in [0, 0.1) is 0 Å². The van der Waals surface area contributed by atoms with Gasteiger partial charge in [-0.1, -0.05) is 12.1 Å². The Morgan fingerprint density at radius 2 is 2.07 bits per heavy atom. The van der Waals surface area contributed by atoms with Gasteiger partial charge in [0, 0.05) is 12.3 Å². The first kappa shape index (κ1) is 11.3. The van der Waals surface area contributed by atoms with Crippen LogP contribution >= 0.6 is 12.0 Å². The summed E-state index contributed by atoms with van der Waals surface area (Å²) in [6.07, 6.45) is 2.42. The molecule has 0 bridgehead atoms. The lowest BCUT2D eigenvalue weighted by molar-refractivity contribution is 0.427. The molecule has 78 valence electrons. The second-order valence-corrected chi connectivity index (χ2v) is 3.51. The van der Waals surface area contributed by atoms with Crippen molar-refractivity contribution < 1.29 is 8.57 Å². The molecule has 1 aromatic rings. The normalized spacial score (nSPS) is 12.5. The minimum absolute atomic E-state index is 0.401. The van der Waals surface area contributed by atoms with Gasteiger partial charge < -0.3 is 9.92 Å². The lowest BCUT2D eigenvalue weighted by Crippen LogP contribution is -2.24. The molecule has 0 fully saturated rings. The van der Waals surface area contributed by atoms with Gasteiger partial charge in [0.25, 0.3) is 0 Å². The van der Waals surface area contributed by atoms with Crippen LogP contribution in [-0.2, 0) is 6.42 Å². The first-order valence-corrected chi connectivity index (χ1v) is 5.52. The molecule has 0 saturated carbocycles. The van der Waals surface area contributed by atoms with Crippen molar-refractivity contribution in [2.45, 2.75) is 12.5 Å². The van der Waals surface area contributed by atoms with Crippen LogP contribution < -0.4 is 9.92 Å². The number of hydrogen-bond donors (Lipinski definition) is 1. The van der Waals surface area contributed by atoms with Crippen molar-refractivity contribution in [2.24, 2.45) is 5.73 Å². The fourth-order valence-corrected chi connectivity index (χ4v) is 1.44. The van der Waals surface area contributed by atoms with E-state index in [4.69, 9.17) is 9.92 Å². The zero-order chi connectivity index (χ0) is 10.4. The van der Waals surface area contributed by atoms with E-state index in [1.165, 1.54) is 12.0 Å². The third-order valence-corrected chi connectivity index (χ3v) is 2.16. The summed E-state index contributed by atoms with van der Waals surface area (Å²) >= 11 is 1.29. The quantitative estimate of drug-likeness (QED) is 0.765. The number of alkyl halides is 1. The van der Waals surface area contributed by atoms with E-state index in [1.807, 2.05) is 30.5 Å². The number of benzene rings is 1. The van der Waals surface area contributed by atoms with E-state index in [0.717, 1.165) is 11.3 Å². The van der Waals surface area contributed by atoms with Crippen LogP contribution in [0.2, 0.25) is 0 Å². The molecule has 2 nitrogen and oxygen atoms in total. The molecule has 1 aromatic carbocycles. The SMILES string of the molecule is CSOc1ccc(CC(N)CF)cc1. The standard InChI is InChI=1S/C10H14FNOS/c1-14-13-10-4-2-8(3-5-10)6-9(12)7-11/h2-5,9H,6-7,12H2,1H3. The van der Waals surface area contributed by atoms with Gasteiger partial charge in [-0.15, -0.1) is 0 Å². The molecule has 1 atom stereocenters. The number of rotatable bonds is 5. The molecule has 0 aliphatic rings. The molecule has 0 heterocycles. The maximum absolute atomic E-state index is 12.1. The topological polar surface area (TPSA) is 35.2 Å². The lowest BCUT2D eigenvalue weighted by Gasteiger charge is -2.07. The average molecular weight is 215 g/mol. The van der Waals surface area contributed by atoms with Crippen LogP contribution in [0.1, 0.15) is 5.56 Å². The van der Waals surface area contributed by atoms with E-state index in [1.54, 1.807) is 0 Å². The largest absolute Gasteiger partial charge is 0.426 e. The Bertz CT molecular complexity index is 265. The van der Waals surface area contributed by atoms with E-state index in [2.05, 4.69) is 0 Å². The van der Waals surface area contributed by atoms with Crippen LogP contribution in [0.4, 0.5) is 4.39 Å². The monoisotopic (exact) mass is 215 g/mol. The molecule has 1 unspecified atom stereocenters. The summed E-state index contributed by atoms with van der Waals surface area (Å²) in [5, 5.41) is 0. The summed E-state index contributed by atoms with van der Waals surface area (Å²) in [4.78, 5) is 0. The Labute approximate surface area is 87.8 Å². The van der Waals surface area contributed by atoms with Crippen molar-refractivity contribution >= 4 is 12.0 Å². The van der Waals surface area contributed by atoms with Crippen LogP contribution in [0.3, 0.4) is 0 Å². The van der Waals surface area contributed by atoms with Gasteiger partial charge in [0.2, 0.25) is 0 Å². The Morgan fingerprint density at radius 1 is 1.43 bits per heavy atom. The molecule has 0 aromatic heterocycles. The number of halogens is 1. The zero-order valence-corrected chi connectivity index (χ0v) is 8.89. The van der Waals surface area contributed by atoms with Crippen LogP contribution in [-0.4, -0.2) is 19.0 Å². The Kier molecular flexibility index (Phi) is 4.76. The first-order valence-electron chi connectivity index (χ1n) is 4.37. The van der Waals surface area contributed by atoms with E-state index in [9.17, 15) is 4.39 Å². The van der Waals surface area contributed by atoms with Crippen LogP contribution in [0.25, 0.3) is 0 Å². The van der Waals surface area contributed by atoms with Crippen molar-refractivity contribution in [2.75, 3.05) is 12.9 Å². The second-order valence-electron chi connectivity index (χ2n) is 3.01. The van der Waals surface area contributed by atoms with Crippen LogP contribution in [0.5, 0.6) is 5.75 Å². The summed E-state index contributed by atoms with van der Waals surface area (Å²) in [7, 11) is 0. The summed E-state index contributed by atoms with van der Waals surface area (Å²) in [6.45, 7) is -0.483. The van der Waals surface area contributed by atoms with Gasteiger partial charge in [0.1, 0.15) is 12.4 Å². The molecule has 0 radical (unpaired) electrons. The Hall–Kier alpha value is -0.740. The highest BCUT2D eigenvalue weighted by molar-refractivity contribution is 7.94. The van der Waals surface area contributed by atoms with Gasteiger partial charge >= 0.3 is 0 Å². The predicted molar refractivity (Wildman–Crippen MR) is 58.2 cm³/mol. The Morgan fingerprint density at radius 3 is 2.57 bits per heavy atom. The number of hydrogen-bond acceptors (Lipinski definition) is 3. The highest BCUT2D eigenvalue weighted by Gasteiger charge is 2.03. The Balaban J connectivity index is 2.54. The fourth-order valence-electron chi connectivity index (χ4n) is 1.13. The molecular formula is C10H14FNOS. The smallest absolute Gasteiger partial charge is 0.137 e. The molecule has 2 N–H and O–H groups in total. The molecule has 0 spiro atoms. The molecule has 0 amide bonds. The van der Waals surface area contributed by atoms with E-state index in [-0.39, 0.29) is 0 Å². The highest BCUT2D eigenvalue weighted by Crippen LogP contribution is 2.16. The summed E-state index contributed by atoms with van der Waals surface area (Å²) in [5.41, 5.74) is 6.52. The van der Waals surface area contributed by atoms with Gasteiger partial charge in [-0.25, -0.2) is 4.39 Å². The zero-order valence-electron chi connectivity index (χ0n) is 8.07. The van der Waals surface area contributed by atoms with Gasteiger partial charge in [-0.05, 0) is 24.1 Å². The van der Waals surface area contributed by atoms with E-state index >= 15 is 0 Å². The first-order chi connectivity index (χ1) is 6.76. The maximum atomic E-state index is 12.1. The molecule has 1 rings (SSSR count). The van der Waals surface area contributed by atoms with Gasteiger partial charge in [-0.2, -0.15) is 0 Å². The third kappa shape index (κ3) is 3.55. The molecular weight excluding hydrogens is 201 g/mol. The summed E-state index contributed by atoms with van der Waals surface area (Å²) in [5.74, 6) is 0.801. The molecule has 0 saturated heterocycles. The lowest BCUT2D eigenvalue weighted by atomic mass is 10.1. The van der Waals surface area contributed by atoms with Gasteiger partial charge in [0.05, 0.1) is 12.0 Å². The molecule has 0 aliphatic carbocycles. The van der Waals surface area contributed by atoms with E-state index in [0.29, 0.717) is 6.42 Å². The molecule has 0 aliphatic heterocycles. The van der Waals surface area contributed by atoms with Gasteiger partial charge in [-0.3, -0.25) is 0 Å². The minimum Gasteiger partial charge on any atom is -0.426 e. The fraction of sp³-hybridized carbons (Fsp3) is 0.400. The second kappa shape index (κ2) is 5.88. The molecule has 14 heavy (non-hydrogen) atoms. The third-order valence-electron chi connectivity index (χ3n) is 1.80. The van der Waals surface area contributed by atoms with Crippen LogP contribution in [0.15, 0.2) is 24.3 Å². The maximum Gasteiger partial charge on any atom is 0.137 e. The van der Waals surface area contributed by atoms with Crippen molar-refractivity contribution in [1.29, 1.82) is 0 Å². The molecule has 4 heteroatoms. The van der Waals surface area contributed by atoms with E-state index < -0.39 is 12.7 Å². The summed E-state index contributed by atoms with van der Waals surface area (Å²) in [6, 6.07) is 7.12. The number of nitrogens with two attached hydrogens (primary N) is 1. The van der Waals surface area contributed by atoms with Crippen molar-refractivity contribution in [3.05, 3.63) is 29.8 Å². The predicted octanol–water partition coefficient (Wildman–Crippen LogP) is 2.18. The average Bonchev–Trinajstić information content (AvgIpc) is 2.21.